The lowest BCUT2D eigenvalue weighted by atomic mass is 10.1. The quantitative estimate of drug-likeness (QED) is 0.873. The zero-order chi connectivity index (χ0) is 13.0. The first-order chi connectivity index (χ1) is 8.70. The second-order valence-electron chi connectivity index (χ2n) is 5.22. The number of nitrogens with one attached hydrogen (secondary N) is 1. The van der Waals surface area contributed by atoms with Crippen molar-refractivity contribution in [2.45, 2.75) is 13.8 Å². The van der Waals surface area contributed by atoms with Crippen LogP contribution in [0, 0.1) is 13.8 Å². The van der Waals surface area contributed by atoms with E-state index in [-0.39, 0.29) is 0 Å². The Labute approximate surface area is 111 Å². The van der Waals surface area contributed by atoms with E-state index < -0.39 is 0 Å². The molecular formula is C15H25N3. The largest absolute Gasteiger partial charge is 0.369 e. The number of hydrogen-bond acceptors (Lipinski definition) is 3. The Balaban J connectivity index is 1.93. The smallest absolute Gasteiger partial charge is 0.0396 e. The first kappa shape index (κ1) is 13.4. The van der Waals surface area contributed by atoms with Crippen molar-refractivity contribution in [3.63, 3.8) is 0 Å². The van der Waals surface area contributed by atoms with Gasteiger partial charge in [-0.15, -0.1) is 0 Å². The van der Waals surface area contributed by atoms with Gasteiger partial charge in [-0.05, 0) is 32.5 Å². The van der Waals surface area contributed by atoms with Crippen LogP contribution < -0.4 is 10.2 Å². The summed E-state index contributed by atoms with van der Waals surface area (Å²) in [4.78, 5) is 5.06. The lowest BCUT2D eigenvalue weighted by molar-refractivity contribution is 0.259. The Bertz CT molecular complexity index is 381. The molecule has 0 saturated carbocycles. The monoisotopic (exact) mass is 247 g/mol. The van der Waals surface area contributed by atoms with Gasteiger partial charge in [0.2, 0.25) is 0 Å². The van der Waals surface area contributed by atoms with Gasteiger partial charge < -0.3 is 10.2 Å². The molecular weight excluding hydrogens is 222 g/mol. The van der Waals surface area contributed by atoms with Crippen LogP contribution in [0.15, 0.2) is 18.2 Å². The second-order valence-corrected chi connectivity index (χ2v) is 5.22. The summed E-state index contributed by atoms with van der Waals surface area (Å²) in [6, 6.07) is 6.77. The maximum atomic E-state index is 3.22. The fourth-order valence-electron chi connectivity index (χ4n) is 2.64. The van der Waals surface area contributed by atoms with Gasteiger partial charge in [0.25, 0.3) is 0 Å². The van der Waals surface area contributed by atoms with E-state index in [0.29, 0.717) is 0 Å². The van der Waals surface area contributed by atoms with E-state index in [1.54, 1.807) is 0 Å². The fourth-order valence-corrected chi connectivity index (χ4v) is 2.64. The first-order valence-corrected chi connectivity index (χ1v) is 6.90. The highest BCUT2D eigenvalue weighted by atomic mass is 15.3. The molecule has 1 aliphatic rings. The van der Waals surface area contributed by atoms with E-state index in [1.165, 1.54) is 29.9 Å². The minimum Gasteiger partial charge on any atom is -0.369 e. The number of rotatable bonds is 4. The van der Waals surface area contributed by atoms with E-state index in [9.17, 15) is 0 Å². The minimum atomic E-state index is 1.09. The molecule has 2 rings (SSSR count). The van der Waals surface area contributed by atoms with Crippen molar-refractivity contribution in [3.05, 3.63) is 29.3 Å². The van der Waals surface area contributed by atoms with Gasteiger partial charge in [-0.2, -0.15) is 0 Å². The van der Waals surface area contributed by atoms with Gasteiger partial charge in [0.05, 0.1) is 0 Å². The minimum absolute atomic E-state index is 1.09. The Kier molecular flexibility index (Phi) is 4.61. The highest BCUT2D eigenvalue weighted by Crippen LogP contribution is 2.22. The van der Waals surface area contributed by atoms with E-state index in [2.05, 4.69) is 47.2 Å². The summed E-state index contributed by atoms with van der Waals surface area (Å²) < 4.78 is 0. The Hall–Kier alpha value is -1.06. The number of benzene rings is 1. The molecule has 0 atom stereocenters. The van der Waals surface area contributed by atoms with Gasteiger partial charge >= 0.3 is 0 Å². The molecule has 0 aliphatic carbocycles. The molecule has 1 N–H and O–H groups in total. The van der Waals surface area contributed by atoms with Crippen LogP contribution in [0.1, 0.15) is 11.1 Å². The first-order valence-electron chi connectivity index (χ1n) is 6.90. The maximum Gasteiger partial charge on any atom is 0.0396 e. The van der Waals surface area contributed by atoms with Crippen LogP contribution in [0.3, 0.4) is 0 Å². The average molecular weight is 247 g/mol. The van der Waals surface area contributed by atoms with Crippen LogP contribution in [0.25, 0.3) is 0 Å². The zero-order valence-corrected chi connectivity index (χ0v) is 11.9. The third-order valence-electron chi connectivity index (χ3n) is 3.74. The van der Waals surface area contributed by atoms with Crippen molar-refractivity contribution >= 4 is 5.69 Å². The highest BCUT2D eigenvalue weighted by Gasteiger charge is 2.17. The van der Waals surface area contributed by atoms with Crippen molar-refractivity contribution in [3.8, 4) is 0 Å². The second kappa shape index (κ2) is 6.21. The molecule has 1 heterocycles. The predicted molar refractivity (Wildman–Crippen MR) is 78.5 cm³/mol. The summed E-state index contributed by atoms with van der Waals surface area (Å²) in [6.45, 7) is 11.3. The van der Waals surface area contributed by atoms with Gasteiger partial charge in [0.1, 0.15) is 0 Å². The normalized spacial score (nSPS) is 17.2. The molecule has 0 bridgehead atoms. The lowest BCUT2D eigenvalue weighted by Crippen LogP contribution is -2.48. The molecule has 100 valence electrons. The molecule has 3 heteroatoms. The topological polar surface area (TPSA) is 18.5 Å². The zero-order valence-electron chi connectivity index (χ0n) is 11.9. The third-order valence-corrected chi connectivity index (χ3v) is 3.74. The highest BCUT2D eigenvalue weighted by molar-refractivity contribution is 5.54. The van der Waals surface area contributed by atoms with E-state index >= 15 is 0 Å². The van der Waals surface area contributed by atoms with Crippen molar-refractivity contribution in [1.29, 1.82) is 0 Å². The fraction of sp³-hybridized carbons (Fsp3) is 0.600. The van der Waals surface area contributed by atoms with Crippen LogP contribution in [0.5, 0.6) is 0 Å². The number of nitrogens with zero attached hydrogens (tertiary/aromatic N) is 2. The summed E-state index contributed by atoms with van der Waals surface area (Å²) in [7, 11) is 2.02. The Morgan fingerprint density at radius 3 is 2.44 bits per heavy atom. The van der Waals surface area contributed by atoms with Crippen molar-refractivity contribution in [1.82, 2.24) is 10.2 Å². The van der Waals surface area contributed by atoms with Crippen LogP contribution in [-0.2, 0) is 0 Å². The molecule has 1 fully saturated rings. The van der Waals surface area contributed by atoms with E-state index in [0.717, 1.165) is 26.2 Å². The summed E-state index contributed by atoms with van der Waals surface area (Å²) in [5.74, 6) is 0. The molecule has 1 aromatic carbocycles. The summed E-state index contributed by atoms with van der Waals surface area (Å²) in [5.41, 5.74) is 4.16. The number of piperazine rings is 1. The predicted octanol–water partition coefficient (Wildman–Crippen LogP) is 1.64. The molecule has 0 amide bonds. The number of hydrogen-bond donors (Lipinski definition) is 1. The van der Waals surface area contributed by atoms with Crippen LogP contribution >= 0.6 is 0 Å². The summed E-state index contributed by atoms with van der Waals surface area (Å²) >= 11 is 0. The molecule has 0 spiro atoms. The molecule has 1 aromatic rings. The van der Waals surface area contributed by atoms with Gasteiger partial charge in [0, 0.05) is 45.0 Å². The maximum absolute atomic E-state index is 3.22. The number of likely N-dealkylation sites (N-methyl/N-ethyl adjacent to an activating group) is 1. The third kappa shape index (κ3) is 3.24. The van der Waals surface area contributed by atoms with Gasteiger partial charge in [-0.25, -0.2) is 0 Å². The molecule has 1 aliphatic heterocycles. The average Bonchev–Trinajstić information content (AvgIpc) is 2.37. The van der Waals surface area contributed by atoms with Crippen molar-refractivity contribution in [2.24, 2.45) is 0 Å². The molecule has 1 saturated heterocycles. The van der Waals surface area contributed by atoms with E-state index in [4.69, 9.17) is 0 Å². The van der Waals surface area contributed by atoms with Gasteiger partial charge in [-0.1, -0.05) is 17.7 Å². The summed E-state index contributed by atoms with van der Waals surface area (Å²) in [6.07, 6.45) is 0. The Morgan fingerprint density at radius 1 is 1.11 bits per heavy atom. The van der Waals surface area contributed by atoms with Crippen LogP contribution in [0.2, 0.25) is 0 Å². The molecule has 0 aromatic heterocycles. The Morgan fingerprint density at radius 2 is 1.83 bits per heavy atom. The van der Waals surface area contributed by atoms with Crippen molar-refractivity contribution in [2.75, 3.05) is 51.2 Å². The molecule has 0 unspecified atom stereocenters. The molecule has 0 radical (unpaired) electrons. The molecule has 18 heavy (non-hydrogen) atoms. The van der Waals surface area contributed by atoms with Crippen LogP contribution in [0.4, 0.5) is 5.69 Å². The van der Waals surface area contributed by atoms with Gasteiger partial charge in [0.15, 0.2) is 0 Å². The standard InChI is InChI=1S/C15H25N3/c1-13-4-5-15(14(2)12-13)18-10-8-17(9-11-18)7-6-16-3/h4-5,12,16H,6-11H2,1-3H3. The molecule has 3 nitrogen and oxygen atoms in total. The summed E-state index contributed by atoms with van der Waals surface area (Å²) in [5, 5.41) is 3.22. The van der Waals surface area contributed by atoms with Crippen LogP contribution in [-0.4, -0.2) is 51.2 Å². The lowest BCUT2D eigenvalue weighted by Gasteiger charge is -2.36. The van der Waals surface area contributed by atoms with E-state index in [1.807, 2.05) is 7.05 Å². The van der Waals surface area contributed by atoms with Crippen molar-refractivity contribution < 1.29 is 0 Å². The van der Waals surface area contributed by atoms with Gasteiger partial charge in [-0.3, -0.25) is 4.90 Å². The SMILES string of the molecule is CNCCN1CCN(c2ccc(C)cc2C)CC1. The number of anilines is 1. The number of aryl methyl sites for hydroxylation is 2.